The van der Waals surface area contributed by atoms with Crippen molar-refractivity contribution in [2.45, 2.75) is 32.7 Å². The Kier molecular flexibility index (Phi) is 6.29. The number of aryl methyl sites for hydroxylation is 2. The van der Waals surface area contributed by atoms with Crippen LogP contribution in [0.4, 0.5) is 0 Å². The standard InChI is InChI=1S/C21H27N3O3/c1-15-5-7-17(8-6-15)19(24-10-3-4-11-24)13-22-20(25)14-23-21(26)18-9-12-27-16(18)2/h5-9,12,19H,3-4,10-11,13-14H2,1-2H3,(H,22,25)(H,23,26). The molecule has 1 aliphatic heterocycles. The van der Waals surface area contributed by atoms with E-state index < -0.39 is 0 Å². The molecule has 1 atom stereocenters. The highest BCUT2D eigenvalue weighted by Gasteiger charge is 2.24. The molecule has 144 valence electrons. The zero-order chi connectivity index (χ0) is 19.2. The van der Waals surface area contributed by atoms with Gasteiger partial charge in [-0.15, -0.1) is 0 Å². The Morgan fingerprint density at radius 2 is 1.78 bits per heavy atom. The van der Waals surface area contributed by atoms with E-state index in [1.807, 2.05) is 0 Å². The monoisotopic (exact) mass is 369 g/mol. The Morgan fingerprint density at radius 3 is 2.41 bits per heavy atom. The number of furan rings is 1. The third kappa shape index (κ3) is 4.98. The predicted molar refractivity (Wildman–Crippen MR) is 104 cm³/mol. The molecule has 6 heteroatoms. The second kappa shape index (κ2) is 8.86. The highest BCUT2D eigenvalue weighted by molar-refractivity contribution is 5.97. The highest BCUT2D eigenvalue weighted by Crippen LogP contribution is 2.24. The van der Waals surface area contributed by atoms with Crippen molar-refractivity contribution >= 4 is 11.8 Å². The van der Waals surface area contributed by atoms with Gasteiger partial charge in [-0.25, -0.2) is 0 Å². The number of carbonyl (C=O) groups excluding carboxylic acids is 2. The number of benzene rings is 1. The van der Waals surface area contributed by atoms with Gasteiger partial charge in [0.15, 0.2) is 0 Å². The molecule has 2 heterocycles. The van der Waals surface area contributed by atoms with Crippen LogP contribution in [0.25, 0.3) is 0 Å². The zero-order valence-electron chi connectivity index (χ0n) is 16.0. The van der Waals surface area contributed by atoms with Crippen LogP contribution in [0.2, 0.25) is 0 Å². The molecule has 0 saturated carbocycles. The molecule has 27 heavy (non-hydrogen) atoms. The minimum Gasteiger partial charge on any atom is -0.469 e. The smallest absolute Gasteiger partial charge is 0.255 e. The first-order valence-electron chi connectivity index (χ1n) is 9.44. The molecule has 0 aliphatic carbocycles. The van der Waals surface area contributed by atoms with Crippen LogP contribution in [0, 0.1) is 13.8 Å². The minimum absolute atomic E-state index is 0.0515. The lowest BCUT2D eigenvalue weighted by Gasteiger charge is -2.28. The van der Waals surface area contributed by atoms with Crippen LogP contribution in [0.15, 0.2) is 41.0 Å². The number of nitrogens with one attached hydrogen (secondary N) is 2. The van der Waals surface area contributed by atoms with Gasteiger partial charge in [0.2, 0.25) is 5.91 Å². The van der Waals surface area contributed by atoms with Gasteiger partial charge in [0.05, 0.1) is 24.4 Å². The molecule has 0 spiro atoms. The summed E-state index contributed by atoms with van der Waals surface area (Å²) in [6.45, 7) is 6.36. The third-order valence-electron chi connectivity index (χ3n) is 5.05. The van der Waals surface area contributed by atoms with Crippen molar-refractivity contribution < 1.29 is 14.0 Å². The van der Waals surface area contributed by atoms with Crippen molar-refractivity contribution in [3.05, 3.63) is 59.0 Å². The van der Waals surface area contributed by atoms with E-state index in [2.05, 4.69) is 46.7 Å². The number of rotatable bonds is 7. The van der Waals surface area contributed by atoms with Crippen LogP contribution < -0.4 is 10.6 Å². The number of hydrogen-bond donors (Lipinski definition) is 2. The molecule has 2 N–H and O–H groups in total. The second-order valence-electron chi connectivity index (χ2n) is 7.05. The third-order valence-corrected chi connectivity index (χ3v) is 5.05. The van der Waals surface area contributed by atoms with Crippen molar-refractivity contribution in [2.24, 2.45) is 0 Å². The van der Waals surface area contributed by atoms with E-state index in [0.29, 0.717) is 17.9 Å². The molecule has 1 aliphatic rings. The van der Waals surface area contributed by atoms with Gasteiger partial charge in [-0.05, 0) is 51.4 Å². The van der Waals surface area contributed by atoms with Gasteiger partial charge in [0.1, 0.15) is 5.76 Å². The van der Waals surface area contributed by atoms with Crippen molar-refractivity contribution in [1.82, 2.24) is 15.5 Å². The summed E-state index contributed by atoms with van der Waals surface area (Å²) in [6.07, 6.45) is 3.85. The van der Waals surface area contributed by atoms with Crippen LogP contribution in [0.5, 0.6) is 0 Å². The Labute approximate surface area is 159 Å². The Morgan fingerprint density at radius 1 is 1.07 bits per heavy atom. The number of likely N-dealkylation sites (tertiary alicyclic amines) is 1. The maximum absolute atomic E-state index is 12.2. The summed E-state index contributed by atoms with van der Waals surface area (Å²) in [5, 5.41) is 5.61. The zero-order valence-corrected chi connectivity index (χ0v) is 16.0. The maximum Gasteiger partial charge on any atom is 0.255 e. The van der Waals surface area contributed by atoms with Gasteiger partial charge < -0.3 is 15.1 Å². The van der Waals surface area contributed by atoms with Crippen LogP contribution >= 0.6 is 0 Å². The van der Waals surface area contributed by atoms with Crippen LogP contribution in [0.1, 0.15) is 46.1 Å². The largest absolute Gasteiger partial charge is 0.469 e. The van der Waals surface area contributed by atoms with E-state index in [1.165, 1.54) is 30.2 Å². The summed E-state index contributed by atoms with van der Waals surface area (Å²) >= 11 is 0. The lowest BCUT2D eigenvalue weighted by molar-refractivity contribution is -0.120. The molecule has 1 saturated heterocycles. The molecule has 0 bridgehead atoms. The number of carbonyl (C=O) groups is 2. The summed E-state index contributed by atoms with van der Waals surface area (Å²) < 4.78 is 5.12. The first-order valence-corrected chi connectivity index (χ1v) is 9.44. The average molecular weight is 369 g/mol. The van der Waals surface area contributed by atoms with E-state index in [1.54, 1.807) is 13.0 Å². The number of nitrogens with zero attached hydrogens (tertiary/aromatic N) is 1. The molecular formula is C21H27N3O3. The van der Waals surface area contributed by atoms with Crippen molar-refractivity contribution in [3.8, 4) is 0 Å². The van der Waals surface area contributed by atoms with Crippen LogP contribution in [-0.2, 0) is 4.79 Å². The lowest BCUT2D eigenvalue weighted by Crippen LogP contribution is -2.41. The molecule has 1 aromatic carbocycles. The number of amides is 2. The molecule has 6 nitrogen and oxygen atoms in total. The van der Waals surface area contributed by atoms with Gasteiger partial charge in [-0.2, -0.15) is 0 Å². The molecule has 1 fully saturated rings. The molecular weight excluding hydrogens is 342 g/mol. The van der Waals surface area contributed by atoms with Crippen molar-refractivity contribution in [1.29, 1.82) is 0 Å². The SMILES string of the molecule is Cc1ccc(C(CNC(=O)CNC(=O)c2ccoc2C)N2CCCC2)cc1. The summed E-state index contributed by atoms with van der Waals surface area (Å²) in [6, 6.07) is 10.2. The molecule has 2 aromatic rings. The topological polar surface area (TPSA) is 74.6 Å². The fourth-order valence-electron chi connectivity index (χ4n) is 3.45. The molecule has 2 amide bonds. The first-order chi connectivity index (χ1) is 13.0. The van der Waals surface area contributed by atoms with E-state index in [4.69, 9.17) is 4.42 Å². The minimum atomic E-state index is -0.300. The molecule has 1 aromatic heterocycles. The van der Waals surface area contributed by atoms with Gasteiger partial charge >= 0.3 is 0 Å². The van der Waals surface area contributed by atoms with Gasteiger partial charge in [-0.1, -0.05) is 29.8 Å². The van der Waals surface area contributed by atoms with Gasteiger partial charge in [0, 0.05) is 6.54 Å². The lowest BCUT2D eigenvalue weighted by atomic mass is 10.0. The maximum atomic E-state index is 12.2. The van der Waals surface area contributed by atoms with E-state index >= 15 is 0 Å². The van der Waals surface area contributed by atoms with Gasteiger partial charge in [0.25, 0.3) is 5.91 Å². The number of hydrogen-bond acceptors (Lipinski definition) is 4. The second-order valence-corrected chi connectivity index (χ2v) is 7.05. The predicted octanol–water partition coefficient (Wildman–Crippen LogP) is 2.58. The Balaban J connectivity index is 1.54. The fraction of sp³-hybridized carbons (Fsp3) is 0.429. The van der Waals surface area contributed by atoms with Crippen LogP contribution in [-0.4, -0.2) is 42.9 Å². The summed E-state index contributed by atoms with van der Waals surface area (Å²) in [7, 11) is 0. The Bertz CT molecular complexity index is 776. The molecule has 3 rings (SSSR count). The van der Waals surface area contributed by atoms with E-state index in [9.17, 15) is 9.59 Å². The average Bonchev–Trinajstić information content (AvgIpc) is 3.33. The Hall–Kier alpha value is -2.60. The molecule has 0 radical (unpaired) electrons. The summed E-state index contributed by atoms with van der Waals surface area (Å²) in [4.78, 5) is 26.7. The fourth-order valence-corrected chi connectivity index (χ4v) is 3.45. The first kappa shape index (κ1) is 19.2. The van der Waals surface area contributed by atoms with E-state index in [-0.39, 0.29) is 24.4 Å². The molecule has 1 unspecified atom stereocenters. The highest BCUT2D eigenvalue weighted by atomic mass is 16.3. The quantitative estimate of drug-likeness (QED) is 0.787. The van der Waals surface area contributed by atoms with Crippen molar-refractivity contribution in [2.75, 3.05) is 26.2 Å². The normalized spacial score (nSPS) is 15.5. The van der Waals surface area contributed by atoms with Crippen LogP contribution in [0.3, 0.4) is 0 Å². The summed E-state index contributed by atoms with van der Waals surface area (Å²) in [5.41, 5.74) is 2.89. The van der Waals surface area contributed by atoms with Crippen molar-refractivity contribution in [3.63, 3.8) is 0 Å². The van der Waals surface area contributed by atoms with E-state index in [0.717, 1.165) is 13.1 Å². The summed E-state index contributed by atoms with van der Waals surface area (Å²) in [5.74, 6) is 0.0493. The van der Waals surface area contributed by atoms with Gasteiger partial charge in [-0.3, -0.25) is 14.5 Å².